The predicted octanol–water partition coefficient (Wildman–Crippen LogP) is 1.62. The Balaban J connectivity index is 2.29. The van der Waals surface area contributed by atoms with E-state index in [2.05, 4.69) is 0 Å². The standard InChI is InChI=1S/C12H24F2N2O2/c1-3-9-18-11-8-16-6-5-15(12(16,13)14)7-10-17-4-2/h3-11H2,1-2H3. The van der Waals surface area contributed by atoms with Crippen molar-refractivity contribution in [3.63, 3.8) is 0 Å². The number of hydrogen-bond donors (Lipinski definition) is 0. The Labute approximate surface area is 108 Å². The summed E-state index contributed by atoms with van der Waals surface area (Å²) in [4.78, 5) is 2.34. The first-order valence-corrected chi connectivity index (χ1v) is 6.66. The average Bonchev–Trinajstić information content (AvgIpc) is 2.61. The zero-order valence-corrected chi connectivity index (χ0v) is 11.3. The van der Waals surface area contributed by atoms with E-state index in [0.717, 1.165) is 6.42 Å². The van der Waals surface area contributed by atoms with Gasteiger partial charge in [-0.15, -0.1) is 0 Å². The number of nitrogens with zero attached hydrogens (tertiary/aromatic N) is 2. The normalized spacial score (nSPS) is 20.7. The quantitative estimate of drug-likeness (QED) is 0.468. The largest absolute Gasteiger partial charge is 0.380 e. The van der Waals surface area contributed by atoms with Gasteiger partial charge >= 0.3 is 6.17 Å². The van der Waals surface area contributed by atoms with Crippen LogP contribution in [0, 0.1) is 0 Å². The highest BCUT2D eigenvalue weighted by molar-refractivity contribution is 4.80. The van der Waals surface area contributed by atoms with Gasteiger partial charge in [-0.3, -0.25) is 0 Å². The lowest BCUT2D eigenvalue weighted by atomic mass is 10.5. The van der Waals surface area contributed by atoms with E-state index in [-0.39, 0.29) is 13.1 Å². The van der Waals surface area contributed by atoms with Crippen molar-refractivity contribution < 1.29 is 18.3 Å². The van der Waals surface area contributed by atoms with Crippen LogP contribution in [-0.4, -0.2) is 68.6 Å². The van der Waals surface area contributed by atoms with Gasteiger partial charge in [-0.2, -0.15) is 8.78 Å². The summed E-state index contributed by atoms with van der Waals surface area (Å²) in [7, 11) is 0. The van der Waals surface area contributed by atoms with Crippen LogP contribution in [-0.2, 0) is 9.47 Å². The highest BCUT2D eigenvalue weighted by Crippen LogP contribution is 2.29. The first-order chi connectivity index (χ1) is 8.62. The second-order valence-electron chi connectivity index (χ2n) is 4.29. The fourth-order valence-electron chi connectivity index (χ4n) is 1.94. The molecule has 0 bridgehead atoms. The maximum Gasteiger partial charge on any atom is 0.369 e. The molecule has 0 spiro atoms. The zero-order chi connectivity index (χ0) is 13.4. The molecule has 1 fully saturated rings. The van der Waals surface area contributed by atoms with Crippen molar-refractivity contribution in [1.29, 1.82) is 0 Å². The molecule has 0 radical (unpaired) electrons. The highest BCUT2D eigenvalue weighted by atomic mass is 19.3. The fourth-order valence-corrected chi connectivity index (χ4v) is 1.94. The molecule has 0 amide bonds. The van der Waals surface area contributed by atoms with Crippen molar-refractivity contribution in [2.45, 2.75) is 26.4 Å². The van der Waals surface area contributed by atoms with E-state index < -0.39 is 6.17 Å². The number of halogens is 2. The second kappa shape index (κ2) is 7.99. The summed E-state index contributed by atoms with van der Waals surface area (Å²) in [6, 6.07) is 0. The SMILES string of the molecule is CCCOCCN1CCN(CCOCC)C1(F)F. The summed E-state index contributed by atoms with van der Waals surface area (Å²) in [6.07, 6.45) is -1.95. The molecule has 6 heteroatoms. The fraction of sp³-hybridized carbons (Fsp3) is 1.00. The minimum Gasteiger partial charge on any atom is -0.380 e. The van der Waals surface area contributed by atoms with Crippen molar-refractivity contribution in [3.05, 3.63) is 0 Å². The molecule has 0 aromatic rings. The molecular weight excluding hydrogens is 242 g/mol. The van der Waals surface area contributed by atoms with Crippen LogP contribution in [0.4, 0.5) is 8.78 Å². The van der Waals surface area contributed by atoms with Crippen molar-refractivity contribution in [3.8, 4) is 0 Å². The Morgan fingerprint density at radius 1 is 0.944 bits per heavy atom. The highest BCUT2D eigenvalue weighted by Gasteiger charge is 2.48. The summed E-state index contributed by atoms with van der Waals surface area (Å²) in [5, 5.41) is 0. The monoisotopic (exact) mass is 266 g/mol. The molecule has 108 valence electrons. The lowest BCUT2D eigenvalue weighted by molar-refractivity contribution is -0.215. The molecule has 0 N–H and O–H groups in total. The van der Waals surface area contributed by atoms with E-state index in [4.69, 9.17) is 9.47 Å². The maximum absolute atomic E-state index is 14.0. The molecule has 0 unspecified atom stereocenters. The molecular formula is C12H24F2N2O2. The van der Waals surface area contributed by atoms with Crippen LogP contribution in [0.5, 0.6) is 0 Å². The van der Waals surface area contributed by atoms with Gasteiger partial charge < -0.3 is 9.47 Å². The number of alkyl halides is 2. The van der Waals surface area contributed by atoms with Crippen LogP contribution in [0.3, 0.4) is 0 Å². The molecule has 0 aromatic heterocycles. The third-order valence-corrected chi connectivity index (χ3v) is 2.96. The van der Waals surface area contributed by atoms with Gasteiger partial charge in [0.1, 0.15) is 0 Å². The minimum absolute atomic E-state index is 0.271. The summed E-state index contributed by atoms with van der Waals surface area (Å²) in [5.41, 5.74) is 0. The molecule has 0 saturated carbocycles. The first kappa shape index (κ1) is 15.8. The van der Waals surface area contributed by atoms with Gasteiger partial charge in [-0.05, 0) is 13.3 Å². The maximum atomic E-state index is 14.0. The Bertz CT molecular complexity index is 230. The van der Waals surface area contributed by atoms with Crippen molar-refractivity contribution in [1.82, 2.24) is 9.80 Å². The van der Waals surface area contributed by atoms with Crippen molar-refractivity contribution in [2.24, 2.45) is 0 Å². The minimum atomic E-state index is -2.87. The molecule has 1 saturated heterocycles. The van der Waals surface area contributed by atoms with Crippen LogP contribution in [0.15, 0.2) is 0 Å². The van der Waals surface area contributed by atoms with E-state index in [1.54, 1.807) is 0 Å². The molecule has 1 aliphatic rings. The Morgan fingerprint density at radius 3 is 2.00 bits per heavy atom. The van der Waals surface area contributed by atoms with Gasteiger partial charge in [-0.1, -0.05) is 6.92 Å². The third kappa shape index (κ3) is 4.42. The Kier molecular flexibility index (Phi) is 6.99. The van der Waals surface area contributed by atoms with Gasteiger partial charge in [0.25, 0.3) is 0 Å². The topological polar surface area (TPSA) is 24.9 Å². The van der Waals surface area contributed by atoms with Crippen LogP contribution >= 0.6 is 0 Å². The van der Waals surface area contributed by atoms with E-state index in [1.807, 2.05) is 13.8 Å². The Hall–Kier alpha value is -0.300. The van der Waals surface area contributed by atoms with Crippen molar-refractivity contribution >= 4 is 0 Å². The van der Waals surface area contributed by atoms with Crippen LogP contribution in [0.1, 0.15) is 20.3 Å². The molecule has 1 heterocycles. The van der Waals surface area contributed by atoms with E-state index in [9.17, 15) is 8.78 Å². The summed E-state index contributed by atoms with van der Waals surface area (Å²) >= 11 is 0. The number of rotatable bonds is 9. The molecule has 0 atom stereocenters. The molecule has 18 heavy (non-hydrogen) atoms. The van der Waals surface area contributed by atoms with Crippen LogP contribution in [0.25, 0.3) is 0 Å². The third-order valence-electron chi connectivity index (χ3n) is 2.96. The van der Waals surface area contributed by atoms with Gasteiger partial charge in [-0.25, -0.2) is 9.80 Å². The first-order valence-electron chi connectivity index (χ1n) is 6.66. The van der Waals surface area contributed by atoms with Crippen LogP contribution in [0.2, 0.25) is 0 Å². The molecule has 1 aliphatic heterocycles. The van der Waals surface area contributed by atoms with Gasteiger partial charge in [0.05, 0.1) is 13.2 Å². The second-order valence-corrected chi connectivity index (χ2v) is 4.29. The summed E-state index contributed by atoms with van der Waals surface area (Å²) < 4.78 is 38.3. The predicted molar refractivity (Wildman–Crippen MR) is 65.7 cm³/mol. The molecule has 0 aliphatic carbocycles. The summed E-state index contributed by atoms with van der Waals surface area (Å²) in [6.45, 7) is 7.09. The number of ether oxygens (including phenoxy) is 2. The molecule has 4 nitrogen and oxygen atoms in total. The molecule has 0 aromatic carbocycles. The van der Waals surface area contributed by atoms with Crippen molar-refractivity contribution in [2.75, 3.05) is 52.6 Å². The lowest BCUT2D eigenvalue weighted by Gasteiger charge is -2.29. The van der Waals surface area contributed by atoms with Gasteiger partial charge in [0.2, 0.25) is 0 Å². The van der Waals surface area contributed by atoms with E-state index in [1.165, 1.54) is 9.80 Å². The van der Waals surface area contributed by atoms with Crippen LogP contribution < -0.4 is 0 Å². The van der Waals surface area contributed by atoms with E-state index >= 15 is 0 Å². The number of hydrogen-bond acceptors (Lipinski definition) is 4. The zero-order valence-electron chi connectivity index (χ0n) is 11.3. The summed E-state index contributed by atoms with van der Waals surface area (Å²) in [5.74, 6) is 0. The van der Waals surface area contributed by atoms with Gasteiger partial charge in [0.15, 0.2) is 0 Å². The Morgan fingerprint density at radius 2 is 1.50 bits per heavy atom. The van der Waals surface area contributed by atoms with Gasteiger partial charge in [0, 0.05) is 39.4 Å². The smallest absolute Gasteiger partial charge is 0.369 e. The van der Waals surface area contributed by atoms with E-state index in [0.29, 0.717) is 39.5 Å². The average molecular weight is 266 g/mol. The lowest BCUT2D eigenvalue weighted by Crippen LogP contribution is -2.48. The molecule has 1 rings (SSSR count).